The lowest BCUT2D eigenvalue weighted by Gasteiger charge is -2.08. The molecule has 18 heavy (non-hydrogen) atoms. The zero-order chi connectivity index (χ0) is 13.0. The molecule has 0 aliphatic rings. The summed E-state index contributed by atoms with van der Waals surface area (Å²) in [5.74, 6) is 0.832. The van der Waals surface area contributed by atoms with Crippen LogP contribution in [0.25, 0.3) is 0 Å². The molecule has 0 saturated carbocycles. The van der Waals surface area contributed by atoms with Crippen LogP contribution < -0.4 is 4.74 Å². The molecule has 0 amide bonds. The average molecular weight is 302 g/mol. The largest absolute Gasteiger partial charge is 0.489 e. The van der Waals surface area contributed by atoms with E-state index in [-0.39, 0.29) is 0 Å². The quantitative estimate of drug-likeness (QED) is 0.851. The van der Waals surface area contributed by atoms with Crippen LogP contribution in [0.5, 0.6) is 5.75 Å². The molecule has 0 bridgehead atoms. The SMILES string of the molecule is Cc1cc(OCc2cccc(C#N)c2)ccc1Br. The molecular weight excluding hydrogens is 290 g/mol. The molecule has 0 radical (unpaired) electrons. The smallest absolute Gasteiger partial charge is 0.120 e. The fraction of sp³-hybridized carbons (Fsp3) is 0.133. The van der Waals surface area contributed by atoms with E-state index < -0.39 is 0 Å². The lowest BCUT2D eigenvalue weighted by atomic mass is 10.1. The molecule has 2 nitrogen and oxygen atoms in total. The summed E-state index contributed by atoms with van der Waals surface area (Å²) in [6, 6.07) is 15.4. The van der Waals surface area contributed by atoms with E-state index in [4.69, 9.17) is 10.00 Å². The predicted molar refractivity (Wildman–Crippen MR) is 74.4 cm³/mol. The summed E-state index contributed by atoms with van der Waals surface area (Å²) in [6.07, 6.45) is 0. The molecule has 2 aromatic rings. The lowest BCUT2D eigenvalue weighted by Crippen LogP contribution is -1.96. The van der Waals surface area contributed by atoms with Crippen LogP contribution in [0.4, 0.5) is 0 Å². The van der Waals surface area contributed by atoms with Gasteiger partial charge in [-0.2, -0.15) is 5.26 Å². The Hall–Kier alpha value is -1.79. The van der Waals surface area contributed by atoms with Crippen molar-refractivity contribution in [3.05, 3.63) is 63.6 Å². The van der Waals surface area contributed by atoms with Crippen molar-refractivity contribution in [2.45, 2.75) is 13.5 Å². The van der Waals surface area contributed by atoms with E-state index in [9.17, 15) is 0 Å². The minimum absolute atomic E-state index is 0.469. The van der Waals surface area contributed by atoms with Crippen molar-refractivity contribution in [3.8, 4) is 11.8 Å². The summed E-state index contributed by atoms with van der Waals surface area (Å²) in [5, 5.41) is 8.82. The highest BCUT2D eigenvalue weighted by molar-refractivity contribution is 9.10. The van der Waals surface area contributed by atoms with Gasteiger partial charge in [0.15, 0.2) is 0 Å². The van der Waals surface area contributed by atoms with Gasteiger partial charge in [0.2, 0.25) is 0 Å². The molecule has 2 aromatic carbocycles. The highest BCUT2D eigenvalue weighted by Crippen LogP contribution is 2.22. The number of halogens is 1. The molecule has 0 heterocycles. The van der Waals surface area contributed by atoms with Crippen LogP contribution >= 0.6 is 15.9 Å². The maximum absolute atomic E-state index is 8.82. The van der Waals surface area contributed by atoms with Crippen LogP contribution in [0.2, 0.25) is 0 Å². The third-order valence-electron chi connectivity index (χ3n) is 2.59. The van der Waals surface area contributed by atoms with E-state index in [0.717, 1.165) is 21.3 Å². The molecule has 0 N–H and O–H groups in total. The number of aryl methyl sites for hydroxylation is 1. The summed E-state index contributed by atoms with van der Waals surface area (Å²) < 4.78 is 6.77. The minimum Gasteiger partial charge on any atom is -0.489 e. The van der Waals surface area contributed by atoms with Gasteiger partial charge in [-0.3, -0.25) is 0 Å². The summed E-state index contributed by atoms with van der Waals surface area (Å²) in [5.41, 5.74) is 2.79. The van der Waals surface area contributed by atoms with Gasteiger partial charge in [0.25, 0.3) is 0 Å². The first-order valence-corrected chi connectivity index (χ1v) is 6.36. The Kier molecular flexibility index (Phi) is 4.01. The molecule has 3 heteroatoms. The standard InChI is InChI=1S/C15H12BrNO/c1-11-7-14(5-6-15(11)16)18-10-13-4-2-3-12(8-13)9-17/h2-8H,10H2,1H3. The monoisotopic (exact) mass is 301 g/mol. The number of ether oxygens (including phenoxy) is 1. The number of hydrogen-bond donors (Lipinski definition) is 0. The second-order valence-corrected chi connectivity index (χ2v) is 4.87. The number of nitriles is 1. The Bertz CT molecular complexity index is 602. The van der Waals surface area contributed by atoms with Crippen LogP contribution in [0.15, 0.2) is 46.9 Å². The van der Waals surface area contributed by atoms with Crippen molar-refractivity contribution >= 4 is 15.9 Å². The van der Waals surface area contributed by atoms with E-state index in [1.807, 2.05) is 43.3 Å². The Morgan fingerprint density at radius 1 is 1.22 bits per heavy atom. The van der Waals surface area contributed by atoms with Gasteiger partial charge in [-0.1, -0.05) is 28.1 Å². The predicted octanol–water partition coefficient (Wildman–Crippen LogP) is 4.21. The fourth-order valence-corrected chi connectivity index (χ4v) is 1.85. The first-order valence-electron chi connectivity index (χ1n) is 5.57. The molecule has 0 unspecified atom stereocenters. The van der Waals surface area contributed by atoms with Crippen LogP contribution in [-0.2, 0) is 6.61 Å². The van der Waals surface area contributed by atoms with Crippen molar-refractivity contribution in [1.29, 1.82) is 5.26 Å². The van der Waals surface area contributed by atoms with Gasteiger partial charge < -0.3 is 4.74 Å². The molecule has 0 aliphatic heterocycles. The number of rotatable bonds is 3. The Labute approximate surface area is 115 Å². The highest BCUT2D eigenvalue weighted by Gasteiger charge is 2.00. The summed E-state index contributed by atoms with van der Waals surface area (Å²) >= 11 is 3.45. The Morgan fingerprint density at radius 2 is 2.06 bits per heavy atom. The minimum atomic E-state index is 0.469. The van der Waals surface area contributed by atoms with Crippen molar-refractivity contribution < 1.29 is 4.74 Å². The molecule has 0 saturated heterocycles. The molecule has 0 spiro atoms. The van der Waals surface area contributed by atoms with Gasteiger partial charge >= 0.3 is 0 Å². The first kappa shape index (κ1) is 12.7. The van der Waals surface area contributed by atoms with Crippen molar-refractivity contribution in [3.63, 3.8) is 0 Å². The van der Waals surface area contributed by atoms with Gasteiger partial charge in [-0.15, -0.1) is 0 Å². The third-order valence-corrected chi connectivity index (χ3v) is 3.48. The van der Waals surface area contributed by atoms with Gasteiger partial charge in [0.1, 0.15) is 12.4 Å². The van der Waals surface area contributed by atoms with Gasteiger partial charge in [0.05, 0.1) is 11.6 Å². The molecular formula is C15H12BrNO. The molecule has 90 valence electrons. The van der Waals surface area contributed by atoms with Crippen molar-refractivity contribution in [2.75, 3.05) is 0 Å². The Morgan fingerprint density at radius 3 is 2.78 bits per heavy atom. The zero-order valence-corrected chi connectivity index (χ0v) is 11.6. The second-order valence-electron chi connectivity index (χ2n) is 4.01. The van der Waals surface area contributed by atoms with E-state index in [1.54, 1.807) is 6.07 Å². The number of nitrogens with zero attached hydrogens (tertiary/aromatic N) is 1. The molecule has 0 fully saturated rings. The fourth-order valence-electron chi connectivity index (χ4n) is 1.60. The third kappa shape index (κ3) is 3.12. The van der Waals surface area contributed by atoms with Crippen LogP contribution in [0.3, 0.4) is 0 Å². The maximum Gasteiger partial charge on any atom is 0.120 e. The van der Waals surface area contributed by atoms with Crippen LogP contribution in [0, 0.1) is 18.3 Å². The maximum atomic E-state index is 8.82. The van der Waals surface area contributed by atoms with Crippen molar-refractivity contribution in [2.24, 2.45) is 0 Å². The Balaban J connectivity index is 2.07. The van der Waals surface area contributed by atoms with E-state index in [2.05, 4.69) is 22.0 Å². The van der Waals surface area contributed by atoms with E-state index in [0.29, 0.717) is 12.2 Å². The summed E-state index contributed by atoms with van der Waals surface area (Å²) in [6.45, 7) is 2.49. The zero-order valence-electron chi connectivity index (χ0n) is 9.98. The topological polar surface area (TPSA) is 33.0 Å². The molecule has 2 rings (SSSR count). The molecule has 0 aliphatic carbocycles. The van der Waals surface area contributed by atoms with E-state index >= 15 is 0 Å². The summed E-state index contributed by atoms with van der Waals surface area (Å²) in [4.78, 5) is 0. The van der Waals surface area contributed by atoms with Gasteiger partial charge in [0, 0.05) is 4.47 Å². The normalized spacial score (nSPS) is 9.83. The van der Waals surface area contributed by atoms with Crippen molar-refractivity contribution in [1.82, 2.24) is 0 Å². The average Bonchev–Trinajstić information content (AvgIpc) is 2.40. The summed E-state index contributed by atoms with van der Waals surface area (Å²) in [7, 11) is 0. The first-order chi connectivity index (χ1) is 8.69. The second kappa shape index (κ2) is 5.70. The molecule has 0 atom stereocenters. The molecule has 0 aromatic heterocycles. The number of hydrogen-bond acceptors (Lipinski definition) is 2. The van der Waals surface area contributed by atoms with Crippen LogP contribution in [0.1, 0.15) is 16.7 Å². The lowest BCUT2D eigenvalue weighted by molar-refractivity contribution is 0.306. The van der Waals surface area contributed by atoms with Crippen LogP contribution in [-0.4, -0.2) is 0 Å². The highest BCUT2D eigenvalue weighted by atomic mass is 79.9. The number of benzene rings is 2. The van der Waals surface area contributed by atoms with Gasteiger partial charge in [-0.05, 0) is 48.4 Å². The van der Waals surface area contributed by atoms with E-state index in [1.165, 1.54) is 0 Å². The van der Waals surface area contributed by atoms with Gasteiger partial charge in [-0.25, -0.2) is 0 Å².